The molecule has 2 aliphatic heterocycles. The van der Waals surface area contributed by atoms with Crippen LogP contribution in [0.3, 0.4) is 0 Å². The van der Waals surface area contributed by atoms with Gasteiger partial charge in [0.05, 0.1) is 11.1 Å². The number of nitrogens with zero attached hydrogens (tertiary/aromatic N) is 1. The van der Waals surface area contributed by atoms with Crippen molar-refractivity contribution in [3.05, 3.63) is 29.3 Å². The number of hydrogen-bond donors (Lipinski definition) is 2. The minimum atomic E-state index is -1.23. The maximum Gasteiger partial charge on any atom is 0.344 e. The Kier molecular flexibility index (Phi) is 3.99. The van der Waals surface area contributed by atoms with Gasteiger partial charge in [0.2, 0.25) is 11.8 Å². The Morgan fingerprint density at radius 3 is 2.64 bits per heavy atom. The predicted molar refractivity (Wildman–Crippen MR) is 80.8 cm³/mol. The molecule has 0 radical (unpaired) electrons. The second-order valence-electron chi connectivity index (χ2n) is 5.72. The van der Waals surface area contributed by atoms with Gasteiger partial charge in [-0.25, -0.2) is 4.79 Å². The zero-order valence-corrected chi connectivity index (χ0v) is 13.1. The van der Waals surface area contributed by atoms with Gasteiger partial charge in [-0.15, -0.1) is 0 Å². The molecule has 0 spiro atoms. The smallest absolute Gasteiger partial charge is 0.344 e. The lowest BCUT2D eigenvalue weighted by molar-refractivity contribution is -0.144. The summed E-state index contributed by atoms with van der Waals surface area (Å²) in [5.41, 5.74) is -0.0462. The van der Waals surface area contributed by atoms with Gasteiger partial charge < -0.3 is 9.84 Å². The van der Waals surface area contributed by atoms with Crippen molar-refractivity contribution in [2.45, 2.75) is 31.9 Å². The molecule has 9 heteroatoms. The van der Waals surface area contributed by atoms with Gasteiger partial charge >= 0.3 is 5.97 Å². The zero-order chi connectivity index (χ0) is 18.3. The summed E-state index contributed by atoms with van der Waals surface area (Å²) in [5.74, 6) is -3.87. The first-order valence-corrected chi connectivity index (χ1v) is 7.55. The van der Waals surface area contributed by atoms with Crippen molar-refractivity contribution in [1.29, 1.82) is 0 Å². The standard InChI is InChI=1S/C16H14N2O7/c1-7(16(23)24)25-10-4-2-3-8-12(10)15(22)18(14(8)21)9-5-6-11(19)17-13(9)20/h2-4,7,9H,5-6H2,1H3,(H,23,24)(H,17,19,20)/t7-,9-/m0/s1. The number of hydrogen-bond acceptors (Lipinski definition) is 6. The van der Waals surface area contributed by atoms with E-state index in [1.807, 2.05) is 0 Å². The van der Waals surface area contributed by atoms with E-state index in [9.17, 15) is 24.0 Å². The Hall–Kier alpha value is -3.23. The van der Waals surface area contributed by atoms with E-state index in [0.717, 1.165) is 4.90 Å². The van der Waals surface area contributed by atoms with Crippen molar-refractivity contribution in [2.24, 2.45) is 0 Å². The SMILES string of the molecule is C[C@H](Oc1cccc2c1C(=O)N([C@H]1CCC(=O)NC1=O)C2=O)C(=O)O. The number of fused-ring (bicyclic) bond motifs is 1. The molecule has 0 aliphatic carbocycles. The minimum absolute atomic E-state index is 0.0171. The third-order valence-electron chi connectivity index (χ3n) is 4.08. The summed E-state index contributed by atoms with van der Waals surface area (Å²) in [4.78, 5) is 60.3. The molecule has 1 saturated heterocycles. The Bertz CT molecular complexity index is 817. The second-order valence-corrected chi connectivity index (χ2v) is 5.72. The molecule has 9 nitrogen and oxygen atoms in total. The summed E-state index contributed by atoms with van der Waals surface area (Å²) >= 11 is 0. The summed E-state index contributed by atoms with van der Waals surface area (Å²) in [6, 6.07) is 3.16. The first-order chi connectivity index (χ1) is 11.8. The fourth-order valence-corrected chi connectivity index (χ4v) is 2.82. The van der Waals surface area contributed by atoms with Crippen molar-refractivity contribution in [3.63, 3.8) is 0 Å². The summed E-state index contributed by atoms with van der Waals surface area (Å²) in [7, 11) is 0. The van der Waals surface area contributed by atoms with Gasteiger partial charge in [-0.05, 0) is 25.5 Å². The number of piperidine rings is 1. The lowest BCUT2D eigenvalue weighted by Gasteiger charge is -2.27. The predicted octanol–water partition coefficient (Wildman–Crippen LogP) is -0.0603. The Morgan fingerprint density at radius 1 is 1.28 bits per heavy atom. The van der Waals surface area contributed by atoms with E-state index in [-0.39, 0.29) is 29.7 Å². The van der Waals surface area contributed by atoms with Crippen LogP contribution in [0.25, 0.3) is 0 Å². The number of carboxylic acids is 1. The van der Waals surface area contributed by atoms with Crippen LogP contribution in [-0.4, -0.2) is 51.8 Å². The fourth-order valence-electron chi connectivity index (χ4n) is 2.82. The van der Waals surface area contributed by atoms with Crippen LogP contribution in [0.2, 0.25) is 0 Å². The molecule has 2 aliphatic rings. The molecular formula is C16H14N2O7. The number of carboxylic acid groups (broad SMARTS) is 1. The molecule has 0 bridgehead atoms. The lowest BCUT2D eigenvalue weighted by atomic mass is 10.0. The number of nitrogens with one attached hydrogen (secondary N) is 1. The lowest BCUT2D eigenvalue weighted by Crippen LogP contribution is -2.54. The summed E-state index contributed by atoms with van der Waals surface area (Å²) in [6.45, 7) is 1.29. The van der Waals surface area contributed by atoms with E-state index in [4.69, 9.17) is 9.84 Å². The van der Waals surface area contributed by atoms with E-state index >= 15 is 0 Å². The Balaban J connectivity index is 1.95. The van der Waals surface area contributed by atoms with Crippen LogP contribution in [0.1, 0.15) is 40.5 Å². The summed E-state index contributed by atoms with van der Waals surface area (Å²) in [5, 5.41) is 11.1. The average Bonchev–Trinajstić information content (AvgIpc) is 2.80. The quantitative estimate of drug-likeness (QED) is 0.730. The number of benzene rings is 1. The Morgan fingerprint density at radius 2 is 2.00 bits per heavy atom. The maximum absolute atomic E-state index is 12.7. The number of amides is 4. The first-order valence-electron chi connectivity index (χ1n) is 7.55. The molecular weight excluding hydrogens is 332 g/mol. The number of rotatable bonds is 4. The van der Waals surface area contributed by atoms with Gasteiger partial charge in [0, 0.05) is 6.42 Å². The van der Waals surface area contributed by atoms with E-state index in [1.165, 1.54) is 25.1 Å². The van der Waals surface area contributed by atoms with Crippen LogP contribution in [-0.2, 0) is 14.4 Å². The molecule has 2 N–H and O–H groups in total. The van der Waals surface area contributed by atoms with Crippen molar-refractivity contribution in [3.8, 4) is 5.75 Å². The molecule has 130 valence electrons. The first kappa shape index (κ1) is 16.6. The molecule has 2 heterocycles. The van der Waals surface area contributed by atoms with Crippen LogP contribution in [0.4, 0.5) is 0 Å². The van der Waals surface area contributed by atoms with Gasteiger partial charge in [0.15, 0.2) is 6.10 Å². The van der Waals surface area contributed by atoms with Gasteiger partial charge in [-0.3, -0.25) is 29.4 Å². The van der Waals surface area contributed by atoms with Gasteiger partial charge in [-0.1, -0.05) is 6.07 Å². The molecule has 25 heavy (non-hydrogen) atoms. The zero-order valence-electron chi connectivity index (χ0n) is 13.1. The molecule has 1 fully saturated rings. The van der Waals surface area contributed by atoms with Crippen LogP contribution < -0.4 is 10.1 Å². The van der Waals surface area contributed by atoms with Crippen molar-refractivity contribution in [1.82, 2.24) is 10.2 Å². The van der Waals surface area contributed by atoms with E-state index in [2.05, 4.69) is 5.32 Å². The molecule has 0 unspecified atom stereocenters. The highest BCUT2D eigenvalue weighted by Crippen LogP contribution is 2.34. The fraction of sp³-hybridized carbons (Fsp3) is 0.312. The van der Waals surface area contributed by atoms with Crippen LogP contribution in [0, 0.1) is 0 Å². The Labute approximate surface area is 141 Å². The number of carbonyl (C=O) groups is 5. The molecule has 1 aromatic carbocycles. The van der Waals surface area contributed by atoms with Crippen molar-refractivity contribution < 1.29 is 33.8 Å². The van der Waals surface area contributed by atoms with E-state index in [0.29, 0.717) is 0 Å². The van der Waals surface area contributed by atoms with E-state index in [1.54, 1.807) is 0 Å². The van der Waals surface area contributed by atoms with Gasteiger partial charge in [0.1, 0.15) is 11.8 Å². The normalized spacial score (nSPS) is 21.0. The monoisotopic (exact) mass is 346 g/mol. The number of imide groups is 2. The minimum Gasteiger partial charge on any atom is -0.479 e. The molecule has 3 rings (SSSR count). The highest BCUT2D eigenvalue weighted by atomic mass is 16.5. The van der Waals surface area contributed by atoms with Crippen LogP contribution >= 0.6 is 0 Å². The topological polar surface area (TPSA) is 130 Å². The van der Waals surface area contributed by atoms with Gasteiger partial charge in [0.25, 0.3) is 11.8 Å². The molecule has 4 amide bonds. The van der Waals surface area contributed by atoms with Crippen LogP contribution in [0.5, 0.6) is 5.75 Å². The summed E-state index contributed by atoms with van der Waals surface area (Å²) < 4.78 is 5.26. The largest absolute Gasteiger partial charge is 0.479 e. The average molecular weight is 346 g/mol. The molecule has 0 aromatic heterocycles. The van der Waals surface area contributed by atoms with Gasteiger partial charge in [-0.2, -0.15) is 0 Å². The third-order valence-corrected chi connectivity index (χ3v) is 4.08. The van der Waals surface area contributed by atoms with E-state index < -0.39 is 41.7 Å². The molecule has 1 aromatic rings. The van der Waals surface area contributed by atoms with Crippen molar-refractivity contribution in [2.75, 3.05) is 0 Å². The highest BCUT2D eigenvalue weighted by molar-refractivity contribution is 6.24. The summed E-state index contributed by atoms with van der Waals surface area (Å²) in [6.07, 6.45) is -1.17. The van der Waals surface area contributed by atoms with Crippen molar-refractivity contribution >= 4 is 29.6 Å². The third kappa shape index (κ3) is 2.73. The van der Waals surface area contributed by atoms with Crippen LogP contribution in [0.15, 0.2) is 18.2 Å². The molecule has 0 saturated carbocycles. The molecule has 2 atom stereocenters. The second kappa shape index (κ2) is 6.00. The number of ether oxygens (including phenoxy) is 1. The number of aliphatic carboxylic acids is 1. The highest BCUT2D eigenvalue weighted by Gasteiger charge is 2.46. The number of carbonyl (C=O) groups excluding carboxylic acids is 4. The maximum atomic E-state index is 12.7.